The lowest BCUT2D eigenvalue weighted by molar-refractivity contribution is -0.139. The van der Waals surface area contributed by atoms with Crippen molar-refractivity contribution in [1.82, 2.24) is 4.98 Å². The summed E-state index contributed by atoms with van der Waals surface area (Å²) in [5.74, 6) is -1.16. The average molecular weight is 281 g/mol. The summed E-state index contributed by atoms with van der Waals surface area (Å²) in [7, 11) is 0. The van der Waals surface area contributed by atoms with Crippen LogP contribution in [0.5, 0.6) is 0 Å². The predicted octanol–water partition coefficient (Wildman–Crippen LogP) is 3.06. The van der Waals surface area contributed by atoms with Crippen molar-refractivity contribution in [3.05, 3.63) is 15.6 Å². The minimum atomic E-state index is -0.743. The molecule has 1 aliphatic heterocycles. The van der Waals surface area contributed by atoms with Crippen molar-refractivity contribution in [2.75, 3.05) is 6.61 Å². The number of aliphatic carboxylic acids is 1. The number of fused-ring (bicyclic) bond motifs is 1. The quantitative estimate of drug-likeness (QED) is 0.905. The summed E-state index contributed by atoms with van der Waals surface area (Å²) in [6, 6.07) is 0. The maximum atomic E-state index is 11.3. The van der Waals surface area contributed by atoms with Gasteiger partial charge in [0.2, 0.25) is 0 Å². The smallest absolute Gasteiger partial charge is 0.312 e. The van der Waals surface area contributed by atoms with E-state index in [-0.39, 0.29) is 5.60 Å². The number of carboxylic acids is 1. The van der Waals surface area contributed by atoms with E-state index in [0.717, 1.165) is 54.3 Å². The van der Waals surface area contributed by atoms with Crippen molar-refractivity contribution >= 4 is 17.3 Å². The van der Waals surface area contributed by atoms with Crippen LogP contribution in [0.4, 0.5) is 0 Å². The van der Waals surface area contributed by atoms with Crippen molar-refractivity contribution in [1.29, 1.82) is 0 Å². The van der Waals surface area contributed by atoms with E-state index in [0.29, 0.717) is 6.42 Å². The molecule has 4 nitrogen and oxygen atoms in total. The molecule has 1 aliphatic carbocycles. The Kier molecular flexibility index (Phi) is 3.35. The lowest BCUT2D eigenvalue weighted by Crippen LogP contribution is -2.30. The second-order valence-electron chi connectivity index (χ2n) is 5.65. The Hall–Kier alpha value is -0.940. The Morgan fingerprint density at radius 1 is 1.47 bits per heavy atom. The summed E-state index contributed by atoms with van der Waals surface area (Å²) < 4.78 is 5.93. The van der Waals surface area contributed by atoms with E-state index < -0.39 is 11.9 Å². The molecule has 0 aromatic carbocycles. The standard InChI is InChI=1S/C14H19NO3S/c1-14(7-2-3-8-18-14)13-15-11-9(12(16)17)5-4-6-10(11)19-13/h9H,2-8H2,1H3,(H,16,17). The van der Waals surface area contributed by atoms with Crippen molar-refractivity contribution in [2.24, 2.45) is 0 Å². The Morgan fingerprint density at radius 3 is 3.00 bits per heavy atom. The summed E-state index contributed by atoms with van der Waals surface area (Å²) in [5.41, 5.74) is 0.498. The van der Waals surface area contributed by atoms with Gasteiger partial charge < -0.3 is 9.84 Å². The number of hydrogen-bond acceptors (Lipinski definition) is 4. The first-order valence-corrected chi connectivity index (χ1v) is 7.79. The zero-order chi connectivity index (χ0) is 13.5. The van der Waals surface area contributed by atoms with Crippen LogP contribution in [0.15, 0.2) is 0 Å². The molecule has 0 saturated carbocycles. The predicted molar refractivity (Wildman–Crippen MR) is 72.6 cm³/mol. The van der Waals surface area contributed by atoms with Crippen molar-refractivity contribution in [2.45, 2.75) is 57.0 Å². The van der Waals surface area contributed by atoms with E-state index in [9.17, 15) is 9.90 Å². The second kappa shape index (κ2) is 4.87. The van der Waals surface area contributed by atoms with Gasteiger partial charge in [0.05, 0.1) is 11.6 Å². The minimum absolute atomic E-state index is 0.302. The molecular formula is C14H19NO3S. The zero-order valence-electron chi connectivity index (χ0n) is 11.1. The minimum Gasteiger partial charge on any atom is -0.481 e. The first-order valence-electron chi connectivity index (χ1n) is 6.97. The van der Waals surface area contributed by atoms with E-state index in [1.807, 2.05) is 0 Å². The number of carbonyl (C=O) groups is 1. The monoisotopic (exact) mass is 281 g/mol. The highest BCUT2D eigenvalue weighted by Gasteiger charge is 2.37. The van der Waals surface area contributed by atoms with Crippen molar-refractivity contribution < 1.29 is 14.6 Å². The van der Waals surface area contributed by atoms with E-state index in [1.54, 1.807) is 11.3 Å². The van der Waals surface area contributed by atoms with Gasteiger partial charge in [0.1, 0.15) is 10.6 Å². The Bertz CT molecular complexity index is 491. The van der Waals surface area contributed by atoms with Gasteiger partial charge in [0.15, 0.2) is 0 Å². The summed E-state index contributed by atoms with van der Waals surface area (Å²) in [4.78, 5) is 17.1. The SMILES string of the molecule is CC1(c2nc3c(s2)CCCC3C(=O)O)CCCCO1. The van der Waals surface area contributed by atoms with Crippen LogP contribution in [0.25, 0.3) is 0 Å². The molecule has 0 bridgehead atoms. The van der Waals surface area contributed by atoms with Crippen LogP contribution in [0.1, 0.15) is 60.5 Å². The van der Waals surface area contributed by atoms with Crippen LogP contribution in [0, 0.1) is 0 Å². The Balaban J connectivity index is 1.95. The first-order chi connectivity index (χ1) is 9.10. The molecule has 0 amide bonds. The van der Waals surface area contributed by atoms with Gasteiger partial charge in [-0.15, -0.1) is 11.3 Å². The summed E-state index contributed by atoms with van der Waals surface area (Å²) >= 11 is 1.66. The number of aromatic nitrogens is 1. The molecule has 1 aromatic heterocycles. The topological polar surface area (TPSA) is 59.4 Å². The van der Waals surface area contributed by atoms with Gasteiger partial charge in [0, 0.05) is 11.5 Å². The summed E-state index contributed by atoms with van der Waals surface area (Å²) in [6.45, 7) is 2.87. The summed E-state index contributed by atoms with van der Waals surface area (Å²) in [6.07, 6.45) is 5.87. The highest BCUT2D eigenvalue weighted by atomic mass is 32.1. The molecule has 0 spiro atoms. The van der Waals surface area contributed by atoms with Crippen LogP contribution in [0.3, 0.4) is 0 Å². The van der Waals surface area contributed by atoms with Crippen LogP contribution in [0.2, 0.25) is 0 Å². The normalized spacial score (nSPS) is 30.9. The van der Waals surface area contributed by atoms with Gasteiger partial charge in [-0.25, -0.2) is 4.98 Å². The molecule has 1 N–H and O–H groups in total. The molecule has 2 unspecified atom stereocenters. The van der Waals surface area contributed by atoms with Gasteiger partial charge in [-0.2, -0.15) is 0 Å². The maximum absolute atomic E-state index is 11.3. The third-order valence-corrected chi connectivity index (χ3v) is 5.55. The van der Waals surface area contributed by atoms with Crippen LogP contribution < -0.4 is 0 Å². The highest BCUT2D eigenvalue weighted by molar-refractivity contribution is 7.11. The van der Waals surface area contributed by atoms with E-state index in [4.69, 9.17) is 4.74 Å². The van der Waals surface area contributed by atoms with Gasteiger partial charge in [-0.3, -0.25) is 4.79 Å². The summed E-state index contributed by atoms with van der Waals surface area (Å²) in [5, 5.41) is 10.3. The third kappa shape index (κ3) is 2.30. The number of hydrogen-bond donors (Lipinski definition) is 1. The first kappa shape index (κ1) is 13.1. The molecule has 2 aliphatic rings. The van der Waals surface area contributed by atoms with Gasteiger partial charge in [-0.1, -0.05) is 0 Å². The van der Waals surface area contributed by atoms with E-state index >= 15 is 0 Å². The number of ether oxygens (including phenoxy) is 1. The lowest BCUT2D eigenvalue weighted by atomic mass is 9.91. The van der Waals surface area contributed by atoms with Crippen LogP contribution in [-0.4, -0.2) is 22.7 Å². The number of thiazole rings is 1. The lowest BCUT2D eigenvalue weighted by Gasteiger charge is -2.31. The van der Waals surface area contributed by atoms with Gasteiger partial charge in [0.25, 0.3) is 0 Å². The van der Waals surface area contributed by atoms with Crippen molar-refractivity contribution in [3.8, 4) is 0 Å². The molecule has 2 heterocycles. The van der Waals surface area contributed by atoms with Crippen LogP contribution >= 0.6 is 11.3 Å². The largest absolute Gasteiger partial charge is 0.481 e. The molecule has 0 radical (unpaired) electrons. The fraction of sp³-hybridized carbons (Fsp3) is 0.714. The molecular weight excluding hydrogens is 262 g/mol. The third-order valence-electron chi connectivity index (χ3n) is 4.17. The highest BCUT2D eigenvalue weighted by Crippen LogP contribution is 2.42. The molecule has 5 heteroatoms. The maximum Gasteiger partial charge on any atom is 0.312 e. The fourth-order valence-corrected chi connectivity index (χ4v) is 4.28. The second-order valence-corrected chi connectivity index (χ2v) is 6.73. The Morgan fingerprint density at radius 2 is 2.32 bits per heavy atom. The zero-order valence-corrected chi connectivity index (χ0v) is 12.0. The number of aryl methyl sites for hydroxylation is 1. The average Bonchev–Trinajstić information content (AvgIpc) is 2.83. The van der Waals surface area contributed by atoms with E-state index in [1.165, 1.54) is 0 Å². The number of rotatable bonds is 2. The fourth-order valence-electron chi connectivity index (χ4n) is 2.99. The number of carboxylic acid groups (broad SMARTS) is 1. The molecule has 1 saturated heterocycles. The molecule has 1 fully saturated rings. The number of nitrogens with zero attached hydrogens (tertiary/aromatic N) is 1. The van der Waals surface area contributed by atoms with Gasteiger partial charge in [-0.05, 0) is 45.4 Å². The Labute approximate surface area is 116 Å². The van der Waals surface area contributed by atoms with Crippen LogP contribution in [-0.2, 0) is 21.6 Å². The van der Waals surface area contributed by atoms with E-state index in [2.05, 4.69) is 11.9 Å². The van der Waals surface area contributed by atoms with Gasteiger partial charge >= 0.3 is 5.97 Å². The molecule has 1 aromatic rings. The molecule has 2 atom stereocenters. The van der Waals surface area contributed by atoms with Crippen molar-refractivity contribution in [3.63, 3.8) is 0 Å². The molecule has 3 rings (SSSR count). The molecule has 19 heavy (non-hydrogen) atoms. The molecule has 104 valence electrons.